The van der Waals surface area contributed by atoms with Gasteiger partial charge in [0.2, 0.25) is 21.8 Å². The number of benzene rings is 3. The van der Waals surface area contributed by atoms with E-state index >= 15 is 0 Å². The van der Waals surface area contributed by atoms with Crippen LogP contribution in [-0.2, 0) is 32.6 Å². The highest BCUT2D eigenvalue weighted by atomic mass is 35.5. The minimum atomic E-state index is -3.73. The average molecular weight is 679 g/mol. The van der Waals surface area contributed by atoms with Crippen molar-refractivity contribution in [3.05, 3.63) is 99.0 Å². The second-order valence-corrected chi connectivity index (χ2v) is 14.4. The Labute approximate surface area is 275 Å². The first-order valence-corrected chi connectivity index (χ1v) is 17.8. The van der Waals surface area contributed by atoms with Gasteiger partial charge in [-0.15, -0.1) is 0 Å². The molecule has 1 fully saturated rings. The smallest absolute Gasteiger partial charge is 0.243 e. The van der Waals surface area contributed by atoms with Crippen molar-refractivity contribution >= 4 is 62.3 Å². The van der Waals surface area contributed by atoms with Gasteiger partial charge in [-0.25, -0.2) is 8.42 Å². The van der Waals surface area contributed by atoms with Crippen molar-refractivity contribution in [3.8, 4) is 0 Å². The number of carbonyl (C=O) groups is 2. The van der Waals surface area contributed by atoms with E-state index in [1.54, 1.807) is 23.1 Å². The van der Waals surface area contributed by atoms with Gasteiger partial charge in [0.15, 0.2) is 0 Å². The number of nitrogens with one attached hydrogen (secondary N) is 1. The van der Waals surface area contributed by atoms with Crippen LogP contribution in [0, 0.1) is 0 Å². The summed E-state index contributed by atoms with van der Waals surface area (Å²) in [5.41, 5.74) is 2.01. The summed E-state index contributed by atoms with van der Waals surface area (Å²) >= 11 is 18.6. The van der Waals surface area contributed by atoms with Gasteiger partial charge in [0.1, 0.15) is 6.04 Å². The van der Waals surface area contributed by atoms with Crippen molar-refractivity contribution in [2.45, 2.75) is 70.0 Å². The molecule has 1 saturated carbocycles. The molecule has 0 heterocycles. The van der Waals surface area contributed by atoms with Gasteiger partial charge in [0.05, 0.1) is 17.0 Å². The van der Waals surface area contributed by atoms with Crippen LogP contribution in [0.3, 0.4) is 0 Å². The van der Waals surface area contributed by atoms with E-state index in [1.165, 1.54) is 12.1 Å². The Balaban J connectivity index is 1.60. The summed E-state index contributed by atoms with van der Waals surface area (Å²) in [6, 6.07) is 20.8. The van der Waals surface area contributed by atoms with Crippen molar-refractivity contribution in [2.24, 2.45) is 0 Å². The molecule has 236 valence electrons. The van der Waals surface area contributed by atoms with E-state index in [9.17, 15) is 18.0 Å². The Kier molecular flexibility index (Phi) is 12.4. The summed E-state index contributed by atoms with van der Waals surface area (Å²) in [4.78, 5) is 29.6. The number of rotatable bonds is 13. The van der Waals surface area contributed by atoms with E-state index in [0.29, 0.717) is 16.5 Å². The second-order valence-electron chi connectivity index (χ2n) is 11.2. The van der Waals surface area contributed by atoms with Gasteiger partial charge < -0.3 is 10.2 Å². The van der Waals surface area contributed by atoms with Gasteiger partial charge in [-0.3, -0.25) is 13.9 Å². The monoisotopic (exact) mass is 677 g/mol. The van der Waals surface area contributed by atoms with Crippen molar-refractivity contribution in [3.63, 3.8) is 0 Å². The van der Waals surface area contributed by atoms with Crippen LogP contribution in [0.25, 0.3) is 0 Å². The number of nitrogens with zero attached hydrogens (tertiary/aromatic N) is 2. The lowest BCUT2D eigenvalue weighted by atomic mass is 9.94. The largest absolute Gasteiger partial charge is 0.352 e. The number of sulfonamides is 1. The van der Waals surface area contributed by atoms with Gasteiger partial charge in [-0.1, -0.05) is 96.5 Å². The van der Waals surface area contributed by atoms with Gasteiger partial charge in [0.25, 0.3) is 0 Å². The van der Waals surface area contributed by atoms with Crippen LogP contribution >= 0.6 is 34.8 Å². The van der Waals surface area contributed by atoms with Crippen LogP contribution in [-0.4, -0.2) is 50.0 Å². The lowest BCUT2D eigenvalue weighted by molar-refractivity contribution is -0.141. The standard InChI is InChI=1S/C33H38Cl3N3O4S/c1-44(42,43)39(30-22-27(35)18-19-29(30)36)20-8-13-32(40)38(23-25-14-16-26(34)17-15-25)31(21-24-9-4-2-5-10-24)33(41)37-28-11-6-3-7-12-28/h2,4-5,9-10,14-19,22,28,31H,3,6-8,11-13,20-21,23H2,1H3,(H,37,41). The van der Waals surface area contributed by atoms with Crippen LogP contribution in [0.5, 0.6) is 0 Å². The minimum absolute atomic E-state index is 0.0110. The summed E-state index contributed by atoms with van der Waals surface area (Å²) in [6.45, 7) is 0.207. The Morgan fingerprint density at radius 3 is 2.20 bits per heavy atom. The highest BCUT2D eigenvalue weighted by Gasteiger charge is 2.32. The fourth-order valence-corrected chi connectivity index (χ4v) is 7.08. The SMILES string of the molecule is CS(=O)(=O)N(CCCC(=O)N(Cc1ccc(Cl)cc1)C(Cc1ccccc1)C(=O)NC1CCCCC1)c1cc(Cl)ccc1Cl. The van der Waals surface area contributed by atoms with E-state index in [2.05, 4.69) is 5.32 Å². The third-order valence-corrected chi connectivity index (χ3v) is 9.80. The summed E-state index contributed by atoms with van der Waals surface area (Å²) < 4.78 is 26.6. The van der Waals surface area contributed by atoms with Gasteiger partial charge in [-0.2, -0.15) is 0 Å². The summed E-state index contributed by atoms with van der Waals surface area (Å²) in [6.07, 6.45) is 6.77. The maximum absolute atomic E-state index is 14.0. The molecule has 0 spiro atoms. The second kappa shape index (κ2) is 16.0. The maximum atomic E-state index is 14.0. The van der Waals surface area contributed by atoms with Gasteiger partial charge in [0, 0.05) is 42.0 Å². The maximum Gasteiger partial charge on any atom is 0.243 e. The van der Waals surface area contributed by atoms with E-state index in [0.717, 1.165) is 53.8 Å². The molecule has 1 atom stereocenters. The number of hydrogen-bond acceptors (Lipinski definition) is 4. The van der Waals surface area contributed by atoms with Crippen LogP contribution in [0.4, 0.5) is 5.69 Å². The predicted molar refractivity (Wildman–Crippen MR) is 179 cm³/mol. The lowest BCUT2D eigenvalue weighted by Gasteiger charge is -2.34. The summed E-state index contributed by atoms with van der Waals surface area (Å²) in [5, 5.41) is 4.38. The van der Waals surface area contributed by atoms with Crippen molar-refractivity contribution in [1.82, 2.24) is 10.2 Å². The molecular weight excluding hydrogens is 641 g/mol. The molecule has 1 unspecified atom stereocenters. The third kappa shape index (κ3) is 9.86. The Hall–Kier alpha value is -2.78. The summed E-state index contributed by atoms with van der Waals surface area (Å²) in [5.74, 6) is -0.447. The molecule has 1 aliphatic carbocycles. The van der Waals surface area contributed by atoms with E-state index in [-0.39, 0.29) is 54.5 Å². The van der Waals surface area contributed by atoms with Gasteiger partial charge in [-0.05, 0) is 60.7 Å². The molecule has 0 radical (unpaired) electrons. The number of anilines is 1. The fraction of sp³-hybridized carbons (Fsp3) is 0.394. The average Bonchev–Trinajstić information content (AvgIpc) is 2.99. The fourth-order valence-electron chi connectivity index (χ4n) is 5.54. The van der Waals surface area contributed by atoms with Crippen LogP contribution in [0.2, 0.25) is 15.1 Å². The number of amides is 2. The lowest BCUT2D eigenvalue weighted by Crippen LogP contribution is -2.52. The first-order chi connectivity index (χ1) is 21.0. The summed E-state index contributed by atoms with van der Waals surface area (Å²) in [7, 11) is -3.73. The molecule has 2 amide bonds. The number of halogens is 3. The van der Waals surface area contributed by atoms with E-state index in [4.69, 9.17) is 34.8 Å². The molecule has 11 heteroatoms. The Bertz CT molecular complexity index is 1510. The minimum Gasteiger partial charge on any atom is -0.352 e. The van der Waals surface area contributed by atoms with Crippen molar-refractivity contribution < 1.29 is 18.0 Å². The first-order valence-electron chi connectivity index (χ1n) is 14.8. The number of carbonyl (C=O) groups excluding carboxylic acids is 2. The van der Waals surface area contributed by atoms with Gasteiger partial charge >= 0.3 is 0 Å². The Morgan fingerprint density at radius 2 is 1.55 bits per heavy atom. The highest BCUT2D eigenvalue weighted by molar-refractivity contribution is 7.92. The van der Waals surface area contributed by atoms with Crippen LogP contribution in [0.15, 0.2) is 72.8 Å². The number of hydrogen-bond donors (Lipinski definition) is 1. The molecule has 44 heavy (non-hydrogen) atoms. The molecule has 3 aromatic rings. The molecule has 0 aliphatic heterocycles. The molecule has 0 aromatic heterocycles. The van der Waals surface area contributed by atoms with Crippen molar-refractivity contribution in [2.75, 3.05) is 17.1 Å². The van der Waals surface area contributed by atoms with E-state index < -0.39 is 16.1 Å². The van der Waals surface area contributed by atoms with Crippen LogP contribution in [0.1, 0.15) is 56.1 Å². The van der Waals surface area contributed by atoms with E-state index in [1.807, 2.05) is 42.5 Å². The van der Waals surface area contributed by atoms with Crippen molar-refractivity contribution in [1.29, 1.82) is 0 Å². The first kappa shape index (κ1) is 34.1. The topological polar surface area (TPSA) is 86.8 Å². The third-order valence-electron chi connectivity index (χ3n) is 7.82. The quantitative estimate of drug-likeness (QED) is 0.206. The predicted octanol–water partition coefficient (Wildman–Crippen LogP) is 7.28. The molecule has 0 saturated heterocycles. The molecule has 4 rings (SSSR count). The molecule has 1 N–H and O–H groups in total. The molecule has 1 aliphatic rings. The normalized spacial score (nSPS) is 14.5. The van der Waals surface area contributed by atoms with Crippen LogP contribution < -0.4 is 9.62 Å². The molecule has 7 nitrogen and oxygen atoms in total. The molecule has 3 aromatic carbocycles. The zero-order chi connectivity index (χ0) is 31.7. The zero-order valence-electron chi connectivity index (χ0n) is 24.7. The zero-order valence-corrected chi connectivity index (χ0v) is 27.8. The Morgan fingerprint density at radius 1 is 0.886 bits per heavy atom. The molecular formula is C33H38Cl3N3O4S. The molecule has 0 bridgehead atoms. The highest BCUT2D eigenvalue weighted by Crippen LogP contribution is 2.31.